The predicted octanol–water partition coefficient (Wildman–Crippen LogP) is 4.20. The van der Waals surface area contributed by atoms with Crippen LogP contribution in [0.5, 0.6) is 5.75 Å². The largest absolute Gasteiger partial charge is 0.495 e. The Kier molecular flexibility index (Phi) is 6.14. The third-order valence-electron chi connectivity index (χ3n) is 5.73. The number of nitrogens with zero attached hydrogens (tertiary/aromatic N) is 2. The van der Waals surface area contributed by atoms with Crippen molar-refractivity contribution in [2.24, 2.45) is 0 Å². The van der Waals surface area contributed by atoms with Gasteiger partial charge in [-0.05, 0) is 50.2 Å². The number of ether oxygens (including phenoxy) is 1. The molecule has 1 aromatic heterocycles. The molecule has 1 atom stereocenters. The Morgan fingerprint density at radius 1 is 1.20 bits per heavy atom. The van der Waals surface area contributed by atoms with Gasteiger partial charge in [0.2, 0.25) is 0 Å². The van der Waals surface area contributed by atoms with Crippen LogP contribution in [0.2, 0.25) is 0 Å². The van der Waals surface area contributed by atoms with Crippen molar-refractivity contribution in [3.05, 3.63) is 60.2 Å². The van der Waals surface area contributed by atoms with Gasteiger partial charge in [0.25, 0.3) is 5.91 Å². The minimum atomic E-state index is -0.0698. The van der Waals surface area contributed by atoms with Gasteiger partial charge >= 0.3 is 0 Å². The summed E-state index contributed by atoms with van der Waals surface area (Å²) >= 11 is 0. The van der Waals surface area contributed by atoms with E-state index in [9.17, 15) is 4.79 Å². The normalized spacial score (nSPS) is 16.5. The Hall–Kier alpha value is -3.12. The summed E-state index contributed by atoms with van der Waals surface area (Å²) in [4.78, 5) is 20.3. The topological polar surface area (TPSA) is 66.5 Å². The van der Waals surface area contributed by atoms with Crippen LogP contribution in [0.3, 0.4) is 0 Å². The van der Waals surface area contributed by atoms with Crippen LogP contribution in [0.15, 0.2) is 54.6 Å². The maximum atomic E-state index is 13.1. The quantitative estimate of drug-likeness (QED) is 0.618. The number of rotatable bonds is 7. The van der Waals surface area contributed by atoms with E-state index in [1.807, 2.05) is 54.6 Å². The number of hydrogen-bond donors (Lipinski definition) is 2. The maximum Gasteiger partial charge on any atom is 0.252 e. The van der Waals surface area contributed by atoms with Crippen LogP contribution in [0, 0.1) is 0 Å². The van der Waals surface area contributed by atoms with Gasteiger partial charge in [-0.3, -0.25) is 9.69 Å². The molecule has 1 aliphatic rings. The number of fused-ring (bicyclic) bond motifs is 1. The fraction of sp³-hybridized carbons (Fsp3) is 0.333. The molecular formula is C24H28N4O2. The average molecular weight is 405 g/mol. The van der Waals surface area contributed by atoms with Crippen LogP contribution in [-0.2, 0) is 0 Å². The third kappa shape index (κ3) is 4.24. The molecule has 0 bridgehead atoms. The van der Waals surface area contributed by atoms with E-state index in [1.54, 1.807) is 7.11 Å². The minimum Gasteiger partial charge on any atom is -0.495 e. The fourth-order valence-electron chi connectivity index (χ4n) is 4.16. The van der Waals surface area contributed by atoms with Crippen LogP contribution >= 0.6 is 0 Å². The van der Waals surface area contributed by atoms with E-state index in [1.165, 1.54) is 6.42 Å². The second-order valence-electron chi connectivity index (χ2n) is 7.53. The Labute approximate surface area is 177 Å². The van der Waals surface area contributed by atoms with Crippen LogP contribution in [0.4, 0.5) is 11.5 Å². The molecule has 30 heavy (non-hydrogen) atoms. The molecule has 0 radical (unpaired) electrons. The van der Waals surface area contributed by atoms with Crippen molar-refractivity contribution >= 4 is 28.3 Å². The van der Waals surface area contributed by atoms with Gasteiger partial charge in [0.15, 0.2) is 0 Å². The molecule has 2 heterocycles. The van der Waals surface area contributed by atoms with Gasteiger partial charge in [-0.2, -0.15) is 0 Å². The van der Waals surface area contributed by atoms with E-state index in [0.29, 0.717) is 24.0 Å². The standard InChI is InChI=1S/C24H28N4O2/c1-3-28-14-8-9-17(28)16-25-24(29)19-15-23(26-20-11-5-4-10-18(19)20)27-21-12-6-7-13-22(21)30-2/h4-7,10-13,15,17H,3,8-9,14,16H2,1-2H3,(H,25,29)(H,26,27). The highest BCUT2D eigenvalue weighted by Crippen LogP contribution is 2.28. The van der Waals surface area contributed by atoms with Crippen LogP contribution in [-0.4, -0.2) is 48.6 Å². The summed E-state index contributed by atoms with van der Waals surface area (Å²) in [6.45, 7) is 4.97. The maximum absolute atomic E-state index is 13.1. The lowest BCUT2D eigenvalue weighted by atomic mass is 10.1. The molecule has 6 heteroatoms. The molecule has 1 fully saturated rings. The monoisotopic (exact) mass is 404 g/mol. The van der Waals surface area contributed by atoms with Gasteiger partial charge in [0.05, 0.1) is 23.9 Å². The van der Waals surface area contributed by atoms with Gasteiger partial charge in [-0.15, -0.1) is 0 Å². The van der Waals surface area contributed by atoms with E-state index in [2.05, 4.69) is 22.5 Å². The molecule has 1 saturated heterocycles. The smallest absolute Gasteiger partial charge is 0.252 e. The van der Waals surface area contributed by atoms with Gasteiger partial charge in [0.1, 0.15) is 11.6 Å². The number of aromatic nitrogens is 1. The Balaban J connectivity index is 1.61. The van der Waals surface area contributed by atoms with Crippen LogP contribution in [0.1, 0.15) is 30.1 Å². The van der Waals surface area contributed by atoms with Crippen molar-refractivity contribution in [3.63, 3.8) is 0 Å². The van der Waals surface area contributed by atoms with Crippen LogP contribution in [0.25, 0.3) is 10.9 Å². The Morgan fingerprint density at radius 2 is 2.00 bits per heavy atom. The lowest BCUT2D eigenvalue weighted by Gasteiger charge is -2.23. The highest BCUT2D eigenvalue weighted by atomic mass is 16.5. The van der Waals surface area contributed by atoms with Crippen molar-refractivity contribution in [2.45, 2.75) is 25.8 Å². The van der Waals surface area contributed by atoms with Crippen molar-refractivity contribution < 1.29 is 9.53 Å². The molecule has 2 N–H and O–H groups in total. The number of pyridine rings is 1. The molecule has 6 nitrogen and oxygen atoms in total. The number of likely N-dealkylation sites (N-methyl/N-ethyl adjacent to an activating group) is 1. The summed E-state index contributed by atoms with van der Waals surface area (Å²) in [6, 6.07) is 17.6. The van der Waals surface area contributed by atoms with Crippen molar-refractivity contribution in [2.75, 3.05) is 32.1 Å². The highest BCUT2D eigenvalue weighted by Gasteiger charge is 2.24. The van der Waals surface area contributed by atoms with Crippen LogP contribution < -0.4 is 15.4 Å². The molecule has 1 unspecified atom stereocenters. The summed E-state index contributed by atoms with van der Waals surface area (Å²) in [5.74, 6) is 1.26. The first kappa shape index (κ1) is 20.2. The zero-order valence-electron chi connectivity index (χ0n) is 17.5. The van der Waals surface area contributed by atoms with Crippen molar-refractivity contribution in [3.8, 4) is 5.75 Å². The predicted molar refractivity (Wildman–Crippen MR) is 121 cm³/mol. The molecule has 4 rings (SSSR count). The van der Waals surface area contributed by atoms with Crippen molar-refractivity contribution in [1.82, 2.24) is 15.2 Å². The van der Waals surface area contributed by atoms with E-state index in [-0.39, 0.29) is 5.91 Å². The molecule has 2 aromatic carbocycles. The van der Waals surface area contributed by atoms with E-state index in [0.717, 1.165) is 41.9 Å². The number of hydrogen-bond acceptors (Lipinski definition) is 5. The fourth-order valence-corrected chi connectivity index (χ4v) is 4.16. The number of amides is 1. The number of para-hydroxylation sites is 3. The number of methoxy groups -OCH3 is 1. The van der Waals surface area contributed by atoms with E-state index in [4.69, 9.17) is 9.72 Å². The summed E-state index contributed by atoms with van der Waals surface area (Å²) in [5.41, 5.74) is 2.20. The van der Waals surface area contributed by atoms with E-state index < -0.39 is 0 Å². The number of likely N-dealkylation sites (tertiary alicyclic amines) is 1. The molecular weight excluding hydrogens is 376 g/mol. The molecule has 0 aliphatic carbocycles. The average Bonchev–Trinajstić information content (AvgIpc) is 3.25. The van der Waals surface area contributed by atoms with E-state index >= 15 is 0 Å². The Bertz CT molecular complexity index is 1040. The van der Waals surface area contributed by atoms with Gasteiger partial charge in [-0.25, -0.2) is 4.98 Å². The lowest BCUT2D eigenvalue weighted by molar-refractivity contribution is 0.0943. The number of benzene rings is 2. The van der Waals surface area contributed by atoms with Gasteiger partial charge in [-0.1, -0.05) is 37.3 Å². The minimum absolute atomic E-state index is 0.0698. The molecule has 3 aromatic rings. The first-order valence-corrected chi connectivity index (χ1v) is 10.5. The molecule has 1 amide bonds. The molecule has 156 valence electrons. The number of anilines is 2. The summed E-state index contributed by atoms with van der Waals surface area (Å²) in [5, 5.41) is 7.30. The summed E-state index contributed by atoms with van der Waals surface area (Å²) in [7, 11) is 1.63. The number of nitrogens with one attached hydrogen (secondary N) is 2. The zero-order valence-corrected chi connectivity index (χ0v) is 17.5. The highest BCUT2D eigenvalue weighted by molar-refractivity contribution is 6.07. The first-order chi connectivity index (χ1) is 14.7. The SMILES string of the molecule is CCN1CCCC1CNC(=O)c1cc(Nc2ccccc2OC)nc2ccccc12. The lowest BCUT2D eigenvalue weighted by Crippen LogP contribution is -2.40. The second-order valence-corrected chi connectivity index (χ2v) is 7.53. The first-order valence-electron chi connectivity index (χ1n) is 10.5. The Morgan fingerprint density at radius 3 is 2.83 bits per heavy atom. The zero-order chi connectivity index (χ0) is 20.9. The molecule has 1 aliphatic heterocycles. The summed E-state index contributed by atoms with van der Waals surface area (Å²) < 4.78 is 5.42. The van der Waals surface area contributed by atoms with Crippen molar-refractivity contribution in [1.29, 1.82) is 0 Å². The second kappa shape index (κ2) is 9.13. The third-order valence-corrected chi connectivity index (χ3v) is 5.73. The number of carbonyl (C=O) groups excluding carboxylic acids is 1. The van der Waals surface area contributed by atoms with Gasteiger partial charge < -0.3 is 15.4 Å². The van der Waals surface area contributed by atoms with Gasteiger partial charge in [0, 0.05) is 18.0 Å². The molecule has 0 saturated carbocycles. The number of carbonyl (C=O) groups is 1. The summed E-state index contributed by atoms with van der Waals surface area (Å²) in [6.07, 6.45) is 2.32. The molecule has 0 spiro atoms.